The fourth-order valence-electron chi connectivity index (χ4n) is 3.45. The maximum Gasteiger partial charge on any atom is 0.339 e. The van der Waals surface area contributed by atoms with Gasteiger partial charge in [0.2, 0.25) is 5.91 Å². The summed E-state index contributed by atoms with van der Waals surface area (Å²) < 4.78 is 43.7. The average molecular weight is 418 g/mol. The number of hydrogen-bond acceptors (Lipinski definition) is 4. The summed E-state index contributed by atoms with van der Waals surface area (Å²) in [6, 6.07) is 11.4. The Balaban J connectivity index is 1.55. The van der Waals surface area contributed by atoms with Gasteiger partial charge in [0, 0.05) is 24.6 Å². The number of benzene rings is 2. The predicted molar refractivity (Wildman–Crippen MR) is 106 cm³/mol. The zero-order valence-corrected chi connectivity index (χ0v) is 16.9. The highest BCUT2D eigenvalue weighted by molar-refractivity contribution is 7.87. The van der Waals surface area contributed by atoms with Crippen LogP contribution in [0.1, 0.15) is 37.7 Å². The van der Waals surface area contributed by atoms with E-state index in [1.165, 1.54) is 12.1 Å². The molecule has 2 aliphatic carbocycles. The van der Waals surface area contributed by atoms with Crippen LogP contribution in [-0.4, -0.2) is 25.8 Å². The smallest absolute Gasteiger partial charge is 0.339 e. The molecule has 1 amide bonds. The molecule has 2 aromatic rings. The van der Waals surface area contributed by atoms with Gasteiger partial charge < -0.3 is 9.08 Å². The maximum atomic E-state index is 13.1. The SMILES string of the molecule is O=C(C1CCC1)N(Cc1ccccc1OS(=O)(=O)c1ccc(F)cc1)CC1CC1. The van der Waals surface area contributed by atoms with Crippen molar-refractivity contribution in [3.8, 4) is 5.75 Å². The van der Waals surface area contributed by atoms with Crippen LogP contribution < -0.4 is 4.18 Å². The van der Waals surface area contributed by atoms with E-state index in [1.54, 1.807) is 24.3 Å². The fourth-order valence-corrected chi connectivity index (χ4v) is 4.41. The lowest BCUT2D eigenvalue weighted by molar-refractivity contribution is -0.139. The summed E-state index contributed by atoms with van der Waals surface area (Å²) in [7, 11) is -4.10. The van der Waals surface area contributed by atoms with E-state index in [0.29, 0.717) is 24.6 Å². The van der Waals surface area contributed by atoms with Gasteiger partial charge in [-0.1, -0.05) is 24.6 Å². The van der Waals surface area contributed by atoms with Crippen molar-refractivity contribution >= 4 is 16.0 Å². The zero-order valence-electron chi connectivity index (χ0n) is 16.1. The molecule has 0 radical (unpaired) electrons. The van der Waals surface area contributed by atoms with Gasteiger partial charge in [-0.3, -0.25) is 4.79 Å². The molecule has 154 valence electrons. The molecule has 0 heterocycles. The molecule has 0 spiro atoms. The molecule has 2 aliphatic rings. The standard InChI is InChI=1S/C22H24FNO4S/c23-19-10-12-20(13-11-19)29(26,27)28-21-7-2-1-4-18(21)15-24(14-16-8-9-16)22(25)17-5-3-6-17/h1-2,4,7,10-13,16-17H,3,5-6,8-9,14-15H2. The van der Waals surface area contributed by atoms with Gasteiger partial charge in [-0.2, -0.15) is 8.42 Å². The number of para-hydroxylation sites is 1. The monoisotopic (exact) mass is 417 g/mol. The highest BCUT2D eigenvalue weighted by atomic mass is 32.2. The van der Waals surface area contributed by atoms with Crippen LogP contribution >= 0.6 is 0 Å². The van der Waals surface area contributed by atoms with Crippen LogP contribution in [0.2, 0.25) is 0 Å². The molecule has 0 bridgehead atoms. The lowest BCUT2D eigenvalue weighted by Gasteiger charge is -2.32. The number of rotatable bonds is 8. The van der Waals surface area contributed by atoms with Crippen molar-refractivity contribution < 1.29 is 21.8 Å². The van der Waals surface area contributed by atoms with Gasteiger partial charge in [-0.15, -0.1) is 0 Å². The molecule has 2 saturated carbocycles. The van der Waals surface area contributed by atoms with E-state index < -0.39 is 15.9 Å². The minimum Gasteiger partial charge on any atom is -0.379 e. The van der Waals surface area contributed by atoms with Gasteiger partial charge in [0.15, 0.2) is 0 Å². The van der Waals surface area contributed by atoms with Gasteiger partial charge in [0.1, 0.15) is 16.5 Å². The van der Waals surface area contributed by atoms with Crippen molar-refractivity contribution in [2.75, 3.05) is 6.54 Å². The van der Waals surface area contributed by atoms with E-state index >= 15 is 0 Å². The molecule has 0 N–H and O–H groups in total. The van der Waals surface area contributed by atoms with Crippen molar-refractivity contribution in [3.05, 3.63) is 59.9 Å². The van der Waals surface area contributed by atoms with Crippen LogP contribution in [0.15, 0.2) is 53.4 Å². The largest absolute Gasteiger partial charge is 0.379 e. The van der Waals surface area contributed by atoms with E-state index in [9.17, 15) is 17.6 Å². The third kappa shape index (κ3) is 4.78. The predicted octanol–water partition coefficient (Wildman–Crippen LogP) is 4.13. The quantitative estimate of drug-likeness (QED) is 0.606. The first-order valence-corrected chi connectivity index (χ1v) is 11.4. The Hall–Kier alpha value is -2.41. The molecule has 0 saturated heterocycles. The molecule has 0 unspecified atom stereocenters. The van der Waals surface area contributed by atoms with E-state index in [0.717, 1.165) is 44.2 Å². The van der Waals surface area contributed by atoms with Crippen LogP contribution in [0.25, 0.3) is 0 Å². The second-order valence-corrected chi connectivity index (χ2v) is 9.44. The summed E-state index contributed by atoms with van der Waals surface area (Å²) in [5.41, 5.74) is 0.645. The first-order chi connectivity index (χ1) is 13.9. The second-order valence-electron chi connectivity index (χ2n) is 7.89. The van der Waals surface area contributed by atoms with Gasteiger partial charge >= 0.3 is 10.1 Å². The second kappa shape index (κ2) is 8.14. The molecule has 4 rings (SSSR count). The van der Waals surface area contributed by atoms with Crippen LogP contribution in [-0.2, 0) is 21.5 Å². The van der Waals surface area contributed by atoms with Crippen LogP contribution in [0.5, 0.6) is 5.75 Å². The summed E-state index contributed by atoms with van der Waals surface area (Å²) in [6.07, 6.45) is 5.20. The van der Waals surface area contributed by atoms with Crippen molar-refractivity contribution in [2.45, 2.75) is 43.5 Å². The van der Waals surface area contributed by atoms with Crippen molar-refractivity contribution in [2.24, 2.45) is 11.8 Å². The van der Waals surface area contributed by atoms with Gasteiger partial charge in [-0.05, 0) is 61.9 Å². The molecular formula is C22H24FNO4S. The number of hydrogen-bond donors (Lipinski definition) is 0. The Bertz CT molecular complexity index is 982. The summed E-state index contributed by atoms with van der Waals surface area (Å²) in [6.45, 7) is 1.02. The summed E-state index contributed by atoms with van der Waals surface area (Å²) >= 11 is 0. The number of carbonyl (C=O) groups excluding carboxylic acids is 1. The van der Waals surface area contributed by atoms with Gasteiger partial charge in [-0.25, -0.2) is 4.39 Å². The maximum absolute atomic E-state index is 13.1. The van der Waals surface area contributed by atoms with Crippen LogP contribution in [0, 0.1) is 17.7 Å². The lowest BCUT2D eigenvalue weighted by Crippen LogP contribution is -2.39. The molecule has 0 aliphatic heterocycles. The molecule has 0 aromatic heterocycles. The molecular weight excluding hydrogens is 393 g/mol. The third-order valence-electron chi connectivity index (χ3n) is 5.58. The number of nitrogens with zero attached hydrogens (tertiary/aromatic N) is 1. The highest BCUT2D eigenvalue weighted by Gasteiger charge is 2.33. The summed E-state index contributed by atoms with van der Waals surface area (Å²) in [4.78, 5) is 14.6. The summed E-state index contributed by atoms with van der Waals surface area (Å²) in [5.74, 6) is 0.452. The number of carbonyl (C=O) groups is 1. The van der Waals surface area contributed by atoms with Crippen LogP contribution in [0.3, 0.4) is 0 Å². The van der Waals surface area contributed by atoms with E-state index in [-0.39, 0.29) is 22.5 Å². The van der Waals surface area contributed by atoms with Gasteiger partial charge in [0.25, 0.3) is 0 Å². The van der Waals surface area contributed by atoms with E-state index in [1.807, 2.05) is 4.90 Å². The molecule has 7 heteroatoms. The summed E-state index contributed by atoms with van der Waals surface area (Å²) in [5, 5.41) is 0. The minimum atomic E-state index is -4.10. The van der Waals surface area contributed by atoms with Crippen molar-refractivity contribution in [3.63, 3.8) is 0 Å². The Kier molecular flexibility index (Phi) is 5.58. The fraction of sp³-hybridized carbons (Fsp3) is 0.409. The Morgan fingerprint density at radius 3 is 2.34 bits per heavy atom. The van der Waals surface area contributed by atoms with E-state index in [2.05, 4.69) is 0 Å². The van der Waals surface area contributed by atoms with Crippen molar-refractivity contribution in [1.29, 1.82) is 0 Å². The topological polar surface area (TPSA) is 63.7 Å². The number of amides is 1. The third-order valence-corrected chi connectivity index (χ3v) is 6.83. The van der Waals surface area contributed by atoms with E-state index in [4.69, 9.17) is 4.18 Å². The van der Waals surface area contributed by atoms with Crippen LogP contribution in [0.4, 0.5) is 4.39 Å². The molecule has 2 fully saturated rings. The average Bonchev–Trinajstić information content (AvgIpc) is 3.45. The molecule has 0 atom stereocenters. The van der Waals surface area contributed by atoms with Crippen molar-refractivity contribution in [1.82, 2.24) is 4.90 Å². The normalized spacial score (nSPS) is 16.9. The molecule has 29 heavy (non-hydrogen) atoms. The van der Waals surface area contributed by atoms with Gasteiger partial charge in [0.05, 0.1) is 0 Å². The molecule has 5 nitrogen and oxygen atoms in total. The minimum absolute atomic E-state index is 0.0878. The Morgan fingerprint density at radius 2 is 1.72 bits per heavy atom. The number of halogens is 1. The lowest BCUT2D eigenvalue weighted by atomic mass is 9.84. The zero-order chi connectivity index (χ0) is 20.4. The first kappa shape index (κ1) is 19.9. The Morgan fingerprint density at radius 1 is 1.03 bits per heavy atom. The highest BCUT2D eigenvalue weighted by Crippen LogP contribution is 2.34. The molecule has 2 aromatic carbocycles. The first-order valence-electron chi connectivity index (χ1n) is 9.99. The Labute approximate surface area is 170 Å².